The maximum atomic E-state index is 13.2. The Hall–Kier alpha value is -2.93. The molecule has 174 valence electrons. The standard InChI is InChI=1S/C26H33N5O2/c1-33-23-11-9-20(10-12-23)19-30-16-13-26(14-17-30)24(28-21-6-3-2-4-7-21)29-25(32)31(26)22-8-5-15-27-18-22/h5,8-12,15,18,21H,2-4,6-7,13-14,16-17,19H2,1H3,(H,28,29,32). The quantitative estimate of drug-likeness (QED) is 0.738. The third-order valence-electron chi connectivity index (χ3n) is 7.34. The fraction of sp³-hybridized carbons (Fsp3) is 0.500. The highest BCUT2D eigenvalue weighted by Gasteiger charge is 2.53. The number of nitrogens with one attached hydrogen (secondary N) is 1. The summed E-state index contributed by atoms with van der Waals surface area (Å²) in [6, 6.07) is 12.4. The van der Waals surface area contributed by atoms with Gasteiger partial charge in [0.1, 0.15) is 17.1 Å². The Bertz CT molecular complexity index is 978. The summed E-state index contributed by atoms with van der Waals surface area (Å²) in [5.74, 6) is 1.75. The molecule has 2 aromatic rings. The summed E-state index contributed by atoms with van der Waals surface area (Å²) < 4.78 is 5.28. The van der Waals surface area contributed by atoms with Gasteiger partial charge in [0.05, 0.1) is 25.0 Å². The van der Waals surface area contributed by atoms with E-state index in [1.807, 2.05) is 29.2 Å². The van der Waals surface area contributed by atoms with Crippen LogP contribution in [0.25, 0.3) is 0 Å². The number of hydrogen-bond donors (Lipinski definition) is 1. The van der Waals surface area contributed by atoms with E-state index in [2.05, 4.69) is 27.3 Å². The normalized spacial score (nSPS) is 22.6. The van der Waals surface area contributed by atoms with Gasteiger partial charge in [0, 0.05) is 25.8 Å². The molecular weight excluding hydrogens is 414 g/mol. The number of rotatable bonds is 5. The Morgan fingerprint density at radius 2 is 1.88 bits per heavy atom. The van der Waals surface area contributed by atoms with Crippen LogP contribution in [0, 0.1) is 0 Å². The monoisotopic (exact) mass is 447 g/mol. The zero-order valence-electron chi connectivity index (χ0n) is 19.4. The van der Waals surface area contributed by atoms with Gasteiger partial charge in [-0.05, 0) is 55.5 Å². The summed E-state index contributed by atoms with van der Waals surface area (Å²) >= 11 is 0. The van der Waals surface area contributed by atoms with Crippen molar-refractivity contribution in [2.45, 2.75) is 63.1 Å². The summed E-state index contributed by atoms with van der Waals surface area (Å²) in [5, 5.41) is 3.16. The summed E-state index contributed by atoms with van der Waals surface area (Å²) in [7, 11) is 1.69. The molecule has 0 unspecified atom stereocenters. The number of anilines is 1. The number of pyridine rings is 1. The van der Waals surface area contributed by atoms with Crippen molar-refractivity contribution in [2.24, 2.45) is 4.99 Å². The number of piperidine rings is 1. The van der Waals surface area contributed by atoms with E-state index in [0.29, 0.717) is 6.04 Å². The SMILES string of the molecule is COc1ccc(CN2CCC3(CC2)C(=NC2CCCCC2)NC(=O)N3c2cccnc2)cc1. The molecule has 5 rings (SSSR count). The Labute approximate surface area is 195 Å². The largest absolute Gasteiger partial charge is 0.497 e. The molecule has 1 N–H and O–H groups in total. The van der Waals surface area contributed by atoms with Gasteiger partial charge in [0.25, 0.3) is 0 Å². The lowest BCUT2D eigenvalue weighted by Gasteiger charge is -2.43. The van der Waals surface area contributed by atoms with Crippen LogP contribution in [0.1, 0.15) is 50.5 Å². The average Bonchev–Trinajstić information content (AvgIpc) is 3.12. The molecule has 2 aliphatic heterocycles. The Morgan fingerprint density at radius 3 is 2.55 bits per heavy atom. The predicted molar refractivity (Wildman–Crippen MR) is 130 cm³/mol. The second-order valence-corrected chi connectivity index (χ2v) is 9.40. The number of amidine groups is 1. The van der Waals surface area contributed by atoms with Crippen LogP contribution in [-0.2, 0) is 6.54 Å². The number of amides is 2. The third kappa shape index (κ3) is 4.47. The molecule has 33 heavy (non-hydrogen) atoms. The highest BCUT2D eigenvalue weighted by atomic mass is 16.5. The summed E-state index contributed by atoms with van der Waals surface area (Å²) in [6.45, 7) is 2.70. The van der Waals surface area contributed by atoms with Crippen LogP contribution in [0.5, 0.6) is 5.75 Å². The molecule has 0 bridgehead atoms. The maximum absolute atomic E-state index is 13.2. The van der Waals surface area contributed by atoms with E-state index in [1.54, 1.807) is 19.5 Å². The number of aliphatic imine (C=N–C) groups is 1. The molecule has 3 fully saturated rings. The molecule has 3 aliphatic rings. The summed E-state index contributed by atoms with van der Waals surface area (Å²) in [6.07, 6.45) is 11.2. The van der Waals surface area contributed by atoms with Crippen molar-refractivity contribution in [1.29, 1.82) is 0 Å². The Morgan fingerprint density at radius 1 is 1.12 bits per heavy atom. The van der Waals surface area contributed by atoms with Crippen molar-refractivity contribution >= 4 is 17.6 Å². The highest BCUT2D eigenvalue weighted by molar-refractivity contribution is 6.19. The molecule has 1 spiro atoms. The fourth-order valence-corrected chi connectivity index (χ4v) is 5.50. The zero-order valence-corrected chi connectivity index (χ0v) is 19.4. The third-order valence-corrected chi connectivity index (χ3v) is 7.34. The molecule has 1 aromatic carbocycles. The second-order valence-electron chi connectivity index (χ2n) is 9.40. The van der Waals surface area contributed by atoms with Crippen molar-refractivity contribution in [2.75, 3.05) is 25.1 Å². The fourth-order valence-electron chi connectivity index (χ4n) is 5.50. The van der Waals surface area contributed by atoms with E-state index in [9.17, 15) is 4.79 Å². The minimum Gasteiger partial charge on any atom is -0.497 e. The van der Waals surface area contributed by atoms with Gasteiger partial charge in [-0.15, -0.1) is 0 Å². The number of likely N-dealkylation sites (tertiary alicyclic amines) is 1. The molecule has 1 saturated carbocycles. The van der Waals surface area contributed by atoms with Crippen molar-refractivity contribution in [3.8, 4) is 5.75 Å². The maximum Gasteiger partial charge on any atom is 0.328 e. The van der Waals surface area contributed by atoms with Crippen LogP contribution in [0.2, 0.25) is 0 Å². The highest BCUT2D eigenvalue weighted by Crippen LogP contribution is 2.38. The number of aromatic nitrogens is 1. The molecular formula is C26H33N5O2. The first kappa shape index (κ1) is 21.9. The molecule has 7 heteroatoms. The number of benzene rings is 1. The number of methoxy groups -OCH3 is 1. The lowest BCUT2D eigenvalue weighted by molar-refractivity contribution is 0.184. The van der Waals surface area contributed by atoms with Crippen LogP contribution in [0.15, 0.2) is 53.8 Å². The molecule has 0 radical (unpaired) electrons. The molecule has 1 aliphatic carbocycles. The van der Waals surface area contributed by atoms with E-state index in [1.165, 1.54) is 24.8 Å². The van der Waals surface area contributed by atoms with Crippen molar-refractivity contribution in [3.63, 3.8) is 0 Å². The molecule has 0 atom stereocenters. The van der Waals surface area contributed by atoms with Crippen LogP contribution in [-0.4, -0.2) is 53.5 Å². The first-order chi connectivity index (χ1) is 16.2. The average molecular weight is 448 g/mol. The molecule has 2 saturated heterocycles. The van der Waals surface area contributed by atoms with Gasteiger partial charge < -0.3 is 4.74 Å². The van der Waals surface area contributed by atoms with Crippen LogP contribution < -0.4 is 15.0 Å². The second kappa shape index (κ2) is 9.51. The lowest BCUT2D eigenvalue weighted by atomic mass is 9.84. The van der Waals surface area contributed by atoms with Crippen molar-refractivity contribution in [1.82, 2.24) is 15.2 Å². The number of ether oxygens (including phenoxy) is 1. The van der Waals surface area contributed by atoms with Crippen LogP contribution in [0.3, 0.4) is 0 Å². The van der Waals surface area contributed by atoms with E-state index in [4.69, 9.17) is 9.73 Å². The predicted octanol–water partition coefficient (Wildman–Crippen LogP) is 4.39. The molecule has 3 heterocycles. The van der Waals surface area contributed by atoms with E-state index < -0.39 is 5.54 Å². The number of hydrogen-bond acceptors (Lipinski definition) is 5. The van der Waals surface area contributed by atoms with Gasteiger partial charge in [-0.3, -0.25) is 25.1 Å². The number of urea groups is 1. The van der Waals surface area contributed by atoms with Crippen LogP contribution in [0.4, 0.5) is 10.5 Å². The van der Waals surface area contributed by atoms with Gasteiger partial charge in [0.2, 0.25) is 0 Å². The lowest BCUT2D eigenvalue weighted by Crippen LogP contribution is -2.57. The van der Waals surface area contributed by atoms with Crippen molar-refractivity contribution in [3.05, 3.63) is 54.4 Å². The first-order valence-electron chi connectivity index (χ1n) is 12.1. The van der Waals surface area contributed by atoms with Gasteiger partial charge in [-0.25, -0.2) is 4.79 Å². The van der Waals surface area contributed by atoms with E-state index >= 15 is 0 Å². The first-order valence-corrected chi connectivity index (χ1v) is 12.1. The zero-order chi connectivity index (χ0) is 22.7. The molecule has 2 amide bonds. The number of carbonyl (C=O) groups is 1. The Kier molecular flexibility index (Phi) is 6.31. The van der Waals surface area contributed by atoms with Gasteiger partial charge in [-0.2, -0.15) is 0 Å². The van der Waals surface area contributed by atoms with Gasteiger partial charge in [0.15, 0.2) is 0 Å². The van der Waals surface area contributed by atoms with E-state index in [-0.39, 0.29) is 6.03 Å². The Balaban J connectivity index is 1.38. The van der Waals surface area contributed by atoms with E-state index in [0.717, 1.165) is 62.6 Å². The molecule has 7 nitrogen and oxygen atoms in total. The van der Waals surface area contributed by atoms with Gasteiger partial charge in [-0.1, -0.05) is 31.4 Å². The van der Waals surface area contributed by atoms with Crippen molar-refractivity contribution < 1.29 is 9.53 Å². The van der Waals surface area contributed by atoms with Crippen LogP contribution >= 0.6 is 0 Å². The topological polar surface area (TPSA) is 70.1 Å². The summed E-state index contributed by atoms with van der Waals surface area (Å²) in [4.78, 5) is 27.0. The number of carbonyl (C=O) groups excluding carboxylic acids is 1. The van der Waals surface area contributed by atoms with Gasteiger partial charge >= 0.3 is 6.03 Å². The molecule has 1 aromatic heterocycles. The number of nitrogens with zero attached hydrogens (tertiary/aromatic N) is 4. The summed E-state index contributed by atoms with van der Waals surface area (Å²) in [5.41, 5.74) is 1.69. The minimum absolute atomic E-state index is 0.0823. The smallest absolute Gasteiger partial charge is 0.328 e. The minimum atomic E-state index is -0.423.